The van der Waals surface area contributed by atoms with Gasteiger partial charge in [-0.05, 0) is 25.8 Å². The molecule has 1 aliphatic heterocycles. The fraction of sp³-hybridized carbons (Fsp3) is 0.560. The van der Waals surface area contributed by atoms with E-state index in [1.807, 2.05) is 17.9 Å². The molecule has 1 aliphatic rings. The number of benzene rings is 1. The first-order chi connectivity index (χ1) is 14.6. The number of carbonyl (C=O) groups excluding carboxylic acids is 1. The first-order valence-electron chi connectivity index (χ1n) is 11.5. The molecule has 0 radical (unpaired) electrons. The van der Waals surface area contributed by atoms with Gasteiger partial charge in [0, 0.05) is 50.3 Å². The lowest BCUT2D eigenvalue weighted by molar-refractivity contribution is -0.131. The van der Waals surface area contributed by atoms with Crippen LogP contribution in [0.15, 0.2) is 30.3 Å². The molecule has 162 valence electrons. The molecule has 0 atom stereocenters. The molecule has 0 N–H and O–H groups in total. The number of aromatic nitrogens is 2. The molecule has 0 bridgehead atoms. The van der Waals surface area contributed by atoms with Crippen LogP contribution in [0.2, 0.25) is 0 Å². The van der Waals surface area contributed by atoms with Gasteiger partial charge in [-0.2, -0.15) is 0 Å². The Bertz CT molecular complexity index is 813. The standard InChI is InChI=1S/C25H36N4O/c1-4-5-6-7-11-14-24(30)28-15-17-29(18-16-28)25-23(20(2)26-21(3)27-25)19-22-12-9-8-10-13-22/h8-10,12-13H,4-7,11,14-19H2,1-3H3. The maximum atomic E-state index is 12.6. The predicted molar refractivity (Wildman–Crippen MR) is 123 cm³/mol. The van der Waals surface area contributed by atoms with Gasteiger partial charge >= 0.3 is 0 Å². The zero-order valence-corrected chi connectivity index (χ0v) is 18.9. The van der Waals surface area contributed by atoms with Crippen molar-refractivity contribution in [2.45, 2.75) is 65.7 Å². The minimum atomic E-state index is 0.311. The van der Waals surface area contributed by atoms with Gasteiger partial charge in [0.2, 0.25) is 5.91 Å². The Morgan fingerprint density at radius 2 is 1.63 bits per heavy atom. The van der Waals surface area contributed by atoms with Gasteiger partial charge in [0.1, 0.15) is 11.6 Å². The van der Waals surface area contributed by atoms with Gasteiger partial charge in [0.05, 0.1) is 0 Å². The normalized spacial score (nSPS) is 14.2. The summed E-state index contributed by atoms with van der Waals surface area (Å²) in [6.07, 6.45) is 7.47. The largest absolute Gasteiger partial charge is 0.353 e. The molecule has 0 unspecified atom stereocenters. The van der Waals surface area contributed by atoms with E-state index in [1.165, 1.54) is 36.8 Å². The fourth-order valence-corrected chi connectivity index (χ4v) is 4.19. The summed E-state index contributed by atoms with van der Waals surface area (Å²) in [5.41, 5.74) is 3.51. The highest BCUT2D eigenvalue weighted by Crippen LogP contribution is 2.25. The van der Waals surface area contributed by atoms with Crippen LogP contribution in [0.25, 0.3) is 0 Å². The van der Waals surface area contributed by atoms with E-state index in [0.717, 1.165) is 56.4 Å². The summed E-state index contributed by atoms with van der Waals surface area (Å²) in [7, 11) is 0. The van der Waals surface area contributed by atoms with Crippen molar-refractivity contribution >= 4 is 11.7 Å². The first kappa shape index (κ1) is 22.3. The second-order valence-corrected chi connectivity index (χ2v) is 8.35. The quantitative estimate of drug-likeness (QED) is 0.565. The third kappa shape index (κ3) is 6.04. The Labute approximate surface area is 181 Å². The monoisotopic (exact) mass is 408 g/mol. The minimum absolute atomic E-state index is 0.311. The molecule has 1 saturated heterocycles. The number of carbonyl (C=O) groups is 1. The van der Waals surface area contributed by atoms with Gasteiger partial charge in [-0.1, -0.05) is 62.9 Å². The zero-order valence-electron chi connectivity index (χ0n) is 18.9. The number of rotatable bonds is 9. The van der Waals surface area contributed by atoms with Crippen molar-refractivity contribution in [1.29, 1.82) is 0 Å². The van der Waals surface area contributed by atoms with E-state index in [2.05, 4.69) is 48.0 Å². The molecule has 1 aromatic carbocycles. The third-order valence-electron chi connectivity index (χ3n) is 5.95. The number of unbranched alkanes of at least 4 members (excludes halogenated alkanes) is 4. The summed E-state index contributed by atoms with van der Waals surface area (Å²) in [4.78, 5) is 26.4. The molecule has 0 aliphatic carbocycles. The average molecular weight is 409 g/mol. The molecular formula is C25H36N4O. The van der Waals surface area contributed by atoms with Crippen LogP contribution in [0, 0.1) is 13.8 Å². The molecule has 0 saturated carbocycles. The number of nitrogens with zero attached hydrogens (tertiary/aromatic N) is 4. The molecule has 2 aromatic rings. The van der Waals surface area contributed by atoms with Crippen molar-refractivity contribution in [3.05, 3.63) is 53.0 Å². The summed E-state index contributed by atoms with van der Waals surface area (Å²) in [6.45, 7) is 9.48. The molecule has 1 fully saturated rings. The van der Waals surface area contributed by atoms with Gasteiger partial charge in [-0.15, -0.1) is 0 Å². The molecule has 5 heteroatoms. The molecule has 3 rings (SSSR count). The van der Waals surface area contributed by atoms with Crippen molar-refractivity contribution in [1.82, 2.24) is 14.9 Å². The van der Waals surface area contributed by atoms with Gasteiger partial charge < -0.3 is 9.80 Å². The zero-order chi connectivity index (χ0) is 21.3. The van der Waals surface area contributed by atoms with Crippen LogP contribution in [-0.2, 0) is 11.2 Å². The van der Waals surface area contributed by atoms with Crippen LogP contribution in [-0.4, -0.2) is 47.0 Å². The van der Waals surface area contributed by atoms with Crippen molar-refractivity contribution in [3.8, 4) is 0 Å². The average Bonchev–Trinajstić information content (AvgIpc) is 2.76. The Kier molecular flexibility index (Phi) is 8.23. The lowest BCUT2D eigenvalue weighted by Gasteiger charge is -2.36. The number of amides is 1. The van der Waals surface area contributed by atoms with Crippen LogP contribution in [0.4, 0.5) is 5.82 Å². The number of aryl methyl sites for hydroxylation is 2. The summed E-state index contributed by atoms with van der Waals surface area (Å²) in [6, 6.07) is 10.5. The fourth-order valence-electron chi connectivity index (χ4n) is 4.19. The lowest BCUT2D eigenvalue weighted by Crippen LogP contribution is -2.49. The van der Waals surface area contributed by atoms with Crippen LogP contribution < -0.4 is 4.90 Å². The van der Waals surface area contributed by atoms with Crippen LogP contribution in [0.1, 0.15) is 68.1 Å². The van der Waals surface area contributed by atoms with Crippen molar-refractivity contribution < 1.29 is 4.79 Å². The molecule has 1 amide bonds. The van der Waals surface area contributed by atoms with E-state index in [1.54, 1.807) is 0 Å². The summed E-state index contributed by atoms with van der Waals surface area (Å²) >= 11 is 0. The van der Waals surface area contributed by atoms with Crippen molar-refractivity contribution in [3.63, 3.8) is 0 Å². The van der Waals surface area contributed by atoms with E-state index in [4.69, 9.17) is 4.98 Å². The van der Waals surface area contributed by atoms with E-state index < -0.39 is 0 Å². The summed E-state index contributed by atoms with van der Waals surface area (Å²) < 4.78 is 0. The van der Waals surface area contributed by atoms with E-state index in [-0.39, 0.29) is 0 Å². The van der Waals surface area contributed by atoms with Crippen LogP contribution in [0.3, 0.4) is 0 Å². The number of anilines is 1. The summed E-state index contributed by atoms with van der Waals surface area (Å²) in [5, 5.41) is 0. The maximum Gasteiger partial charge on any atom is 0.222 e. The van der Waals surface area contributed by atoms with Crippen molar-refractivity contribution in [2.24, 2.45) is 0 Å². The van der Waals surface area contributed by atoms with E-state index in [9.17, 15) is 4.79 Å². The maximum absolute atomic E-state index is 12.6. The molecular weight excluding hydrogens is 372 g/mol. The van der Waals surface area contributed by atoms with Crippen LogP contribution >= 0.6 is 0 Å². The van der Waals surface area contributed by atoms with Crippen molar-refractivity contribution in [2.75, 3.05) is 31.1 Å². The smallest absolute Gasteiger partial charge is 0.222 e. The Morgan fingerprint density at radius 3 is 2.33 bits per heavy atom. The number of hydrogen-bond donors (Lipinski definition) is 0. The third-order valence-corrected chi connectivity index (χ3v) is 5.95. The van der Waals surface area contributed by atoms with E-state index >= 15 is 0 Å². The molecule has 1 aromatic heterocycles. The summed E-state index contributed by atoms with van der Waals surface area (Å²) in [5.74, 6) is 2.16. The van der Waals surface area contributed by atoms with Gasteiger partial charge in [-0.3, -0.25) is 4.79 Å². The number of hydrogen-bond acceptors (Lipinski definition) is 4. The highest BCUT2D eigenvalue weighted by atomic mass is 16.2. The SMILES string of the molecule is CCCCCCCC(=O)N1CCN(c2nc(C)nc(C)c2Cc2ccccc2)CC1. The van der Waals surface area contributed by atoms with Crippen LogP contribution in [0.5, 0.6) is 0 Å². The topological polar surface area (TPSA) is 49.3 Å². The van der Waals surface area contributed by atoms with Gasteiger partial charge in [-0.25, -0.2) is 9.97 Å². The highest BCUT2D eigenvalue weighted by molar-refractivity contribution is 5.76. The Balaban J connectivity index is 1.61. The molecule has 30 heavy (non-hydrogen) atoms. The first-order valence-corrected chi connectivity index (χ1v) is 11.5. The molecule has 0 spiro atoms. The number of piperazine rings is 1. The van der Waals surface area contributed by atoms with Gasteiger partial charge in [0.15, 0.2) is 0 Å². The predicted octanol–water partition coefficient (Wildman–Crippen LogP) is 4.69. The van der Waals surface area contributed by atoms with Gasteiger partial charge in [0.25, 0.3) is 0 Å². The molecule has 5 nitrogen and oxygen atoms in total. The Morgan fingerprint density at radius 1 is 0.933 bits per heavy atom. The second-order valence-electron chi connectivity index (χ2n) is 8.35. The Hall–Kier alpha value is -2.43. The highest BCUT2D eigenvalue weighted by Gasteiger charge is 2.24. The minimum Gasteiger partial charge on any atom is -0.353 e. The lowest BCUT2D eigenvalue weighted by atomic mass is 10.0. The van der Waals surface area contributed by atoms with E-state index in [0.29, 0.717) is 12.3 Å². The molecule has 2 heterocycles. The second kappa shape index (κ2) is 11.1.